The van der Waals surface area contributed by atoms with Gasteiger partial charge in [0, 0.05) is 5.25 Å². The fourth-order valence-electron chi connectivity index (χ4n) is 3.41. The Labute approximate surface area is 164 Å². The van der Waals surface area contributed by atoms with Gasteiger partial charge in [0.15, 0.2) is 0 Å². The van der Waals surface area contributed by atoms with E-state index in [1.807, 2.05) is 18.7 Å². The van der Waals surface area contributed by atoms with Gasteiger partial charge >= 0.3 is 0 Å². The zero-order valence-corrected chi connectivity index (χ0v) is 18.6. The van der Waals surface area contributed by atoms with Crippen molar-refractivity contribution in [3.05, 3.63) is 0 Å². The molecule has 0 amide bonds. The van der Waals surface area contributed by atoms with Crippen molar-refractivity contribution < 1.29 is 5.11 Å². The summed E-state index contributed by atoms with van der Waals surface area (Å²) in [5.41, 5.74) is 0. The minimum absolute atomic E-state index is 0.149. The molecule has 0 bridgehead atoms. The summed E-state index contributed by atoms with van der Waals surface area (Å²) in [6, 6.07) is 0. The Morgan fingerprint density at radius 2 is 1.00 bits per heavy atom. The van der Waals surface area contributed by atoms with Crippen LogP contribution < -0.4 is 0 Å². The van der Waals surface area contributed by atoms with Crippen molar-refractivity contribution in [3.8, 4) is 0 Å². The van der Waals surface area contributed by atoms with Gasteiger partial charge in [-0.2, -0.15) is 11.8 Å². The Balaban J connectivity index is 3.45. The molecule has 1 N–H and O–H groups in total. The average Bonchev–Trinajstić information content (AvgIpc) is 2.60. The molecule has 25 heavy (non-hydrogen) atoms. The van der Waals surface area contributed by atoms with Crippen molar-refractivity contribution in [3.63, 3.8) is 0 Å². The molecule has 0 saturated heterocycles. The highest BCUT2D eigenvalue weighted by atomic mass is 32.2. The highest BCUT2D eigenvalue weighted by Gasteiger charge is 2.14. The van der Waals surface area contributed by atoms with Crippen LogP contribution >= 0.6 is 11.8 Å². The Bertz CT molecular complexity index is 242. The molecule has 152 valence electrons. The Hall–Kier alpha value is 0.310. The van der Waals surface area contributed by atoms with Gasteiger partial charge in [0.25, 0.3) is 0 Å². The van der Waals surface area contributed by atoms with E-state index in [2.05, 4.69) is 13.8 Å². The van der Waals surface area contributed by atoms with Crippen molar-refractivity contribution in [2.45, 2.75) is 141 Å². The summed E-state index contributed by atoms with van der Waals surface area (Å²) >= 11 is 2.03. The van der Waals surface area contributed by atoms with Crippen molar-refractivity contribution in [2.24, 2.45) is 0 Å². The van der Waals surface area contributed by atoms with E-state index in [1.165, 1.54) is 115 Å². The maximum absolute atomic E-state index is 10.0. The molecule has 0 aliphatic carbocycles. The van der Waals surface area contributed by atoms with Crippen LogP contribution in [0.4, 0.5) is 0 Å². The number of unbranched alkanes of at least 4 members (excludes halogenated alkanes) is 14. The lowest BCUT2D eigenvalue weighted by atomic mass is 10.1. The van der Waals surface area contributed by atoms with Gasteiger partial charge in [-0.25, -0.2) is 0 Å². The Morgan fingerprint density at radius 1 is 0.600 bits per heavy atom. The third-order valence-corrected chi connectivity index (χ3v) is 6.79. The summed E-state index contributed by atoms with van der Waals surface area (Å²) in [6.07, 6.45) is 23.2. The van der Waals surface area contributed by atoms with Crippen LogP contribution in [0.3, 0.4) is 0 Å². The molecule has 0 aromatic carbocycles. The number of rotatable bonds is 20. The molecule has 0 heterocycles. The van der Waals surface area contributed by atoms with Crippen LogP contribution in [0.15, 0.2) is 0 Å². The predicted octanol–water partition coefficient (Wildman–Crippen LogP) is 8.14. The standard InChI is InChI=1S/C23H48OS/c1-4-6-8-10-12-13-15-17-19-21-25-23(22(3)24)20-18-16-14-11-9-7-5-2/h22-24H,4-21H2,1-3H3. The van der Waals surface area contributed by atoms with E-state index in [9.17, 15) is 5.11 Å². The topological polar surface area (TPSA) is 20.2 Å². The second kappa shape index (κ2) is 20.6. The van der Waals surface area contributed by atoms with Gasteiger partial charge in [0.1, 0.15) is 0 Å². The van der Waals surface area contributed by atoms with Crippen LogP contribution in [0.25, 0.3) is 0 Å². The first kappa shape index (κ1) is 25.3. The molecule has 2 unspecified atom stereocenters. The zero-order valence-electron chi connectivity index (χ0n) is 17.7. The summed E-state index contributed by atoms with van der Waals surface area (Å²) in [5, 5.41) is 10.5. The summed E-state index contributed by atoms with van der Waals surface area (Å²) in [5.74, 6) is 1.24. The van der Waals surface area contributed by atoms with Gasteiger partial charge in [0.05, 0.1) is 6.10 Å². The van der Waals surface area contributed by atoms with E-state index >= 15 is 0 Å². The second-order valence-corrected chi connectivity index (χ2v) is 9.24. The molecule has 0 spiro atoms. The second-order valence-electron chi connectivity index (χ2n) is 7.89. The van der Waals surface area contributed by atoms with E-state index in [-0.39, 0.29) is 6.10 Å². The van der Waals surface area contributed by atoms with Crippen LogP contribution in [0, 0.1) is 0 Å². The normalized spacial score (nSPS) is 13.9. The summed E-state index contributed by atoms with van der Waals surface area (Å²) < 4.78 is 0. The highest BCUT2D eigenvalue weighted by molar-refractivity contribution is 7.99. The van der Waals surface area contributed by atoms with Crippen LogP contribution in [0.1, 0.15) is 130 Å². The molecule has 0 aliphatic heterocycles. The smallest absolute Gasteiger partial charge is 0.0630 e. The fourth-order valence-corrected chi connectivity index (χ4v) is 4.70. The van der Waals surface area contributed by atoms with Crippen molar-refractivity contribution in [2.75, 3.05) is 5.75 Å². The molecule has 0 aromatic rings. The molecule has 0 aliphatic rings. The number of hydrogen-bond acceptors (Lipinski definition) is 2. The number of hydrogen-bond donors (Lipinski definition) is 1. The van der Waals surface area contributed by atoms with Crippen LogP contribution in [-0.2, 0) is 0 Å². The van der Waals surface area contributed by atoms with Gasteiger partial charge in [-0.15, -0.1) is 0 Å². The summed E-state index contributed by atoms with van der Waals surface area (Å²) in [6.45, 7) is 6.54. The first-order valence-corrected chi connectivity index (χ1v) is 12.6. The van der Waals surface area contributed by atoms with Crippen LogP contribution in [-0.4, -0.2) is 22.2 Å². The Morgan fingerprint density at radius 3 is 1.44 bits per heavy atom. The highest BCUT2D eigenvalue weighted by Crippen LogP contribution is 2.23. The zero-order chi connectivity index (χ0) is 18.6. The predicted molar refractivity (Wildman–Crippen MR) is 118 cm³/mol. The molecule has 2 heteroatoms. The molecule has 0 saturated carbocycles. The minimum Gasteiger partial charge on any atom is -0.392 e. The number of thioether (sulfide) groups is 1. The molecule has 0 fully saturated rings. The quantitative estimate of drug-likeness (QED) is 0.218. The van der Waals surface area contributed by atoms with E-state index in [4.69, 9.17) is 0 Å². The molecule has 0 aromatic heterocycles. The molecule has 2 atom stereocenters. The van der Waals surface area contributed by atoms with E-state index < -0.39 is 0 Å². The monoisotopic (exact) mass is 372 g/mol. The maximum atomic E-state index is 10.0. The lowest BCUT2D eigenvalue weighted by Crippen LogP contribution is -2.19. The Kier molecular flexibility index (Phi) is 20.9. The van der Waals surface area contributed by atoms with Crippen molar-refractivity contribution >= 4 is 11.8 Å². The number of aliphatic hydroxyl groups excluding tert-OH is 1. The third kappa shape index (κ3) is 18.9. The van der Waals surface area contributed by atoms with Crippen LogP contribution in [0.2, 0.25) is 0 Å². The summed E-state index contributed by atoms with van der Waals surface area (Å²) in [4.78, 5) is 0. The summed E-state index contributed by atoms with van der Waals surface area (Å²) in [7, 11) is 0. The van der Waals surface area contributed by atoms with Gasteiger partial charge in [-0.3, -0.25) is 0 Å². The van der Waals surface area contributed by atoms with E-state index in [0.717, 1.165) is 0 Å². The molecular weight excluding hydrogens is 324 g/mol. The van der Waals surface area contributed by atoms with Crippen LogP contribution in [0.5, 0.6) is 0 Å². The first-order valence-electron chi connectivity index (χ1n) is 11.5. The van der Waals surface area contributed by atoms with Gasteiger partial charge in [0.2, 0.25) is 0 Å². The average molecular weight is 373 g/mol. The van der Waals surface area contributed by atoms with Gasteiger partial charge in [-0.05, 0) is 25.5 Å². The van der Waals surface area contributed by atoms with E-state index in [0.29, 0.717) is 5.25 Å². The van der Waals surface area contributed by atoms with Crippen molar-refractivity contribution in [1.82, 2.24) is 0 Å². The molecule has 1 nitrogen and oxygen atoms in total. The fraction of sp³-hybridized carbons (Fsp3) is 1.00. The maximum Gasteiger partial charge on any atom is 0.0630 e. The van der Waals surface area contributed by atoms with Gasteiger partial charge < -0.3 is 5.11 Å². The number of aliphatic hydroxyl groups is 1. The molecule has 0 rings (SSSR count). The SMILES string of the molecule is CCCCCCCCCCCSC(CCCCCCCCC)C(C)O. The lowest BCUT2D eigenvalue weighted by Gasteiger charge is -2.19. The largest absolute Gasteiger partial charge is 0.392 e. The first-order chi connectivity index (χ1) is 12.2. The van der Waals surface area contributed by atoms with E-state index in [1.54, 1.807) is 0 Å². The molecular formula is C23H48OS. The van der Waals surface area contributed by atoms with Crippen molar-refractivity contribution in [1.29, 1.82) is 0 Å². The molecule has 0 radical (unpaired) electrons. The lowest BCUT2D eigenvalue weighted by molar-refractivity contribution is 0.186. The third-order valence-electron chi connectivity index (χ3n) is 5.21. The minimum atomic E-state index is -0.149. The van der Waals surface area contributed by atoms with Gasteiger partial charge in [-0.1, -0.05) is 110 Å².